The van der Waals surface area contributed by atoms with E-state index in [1.165, 1.54) is 13.2 Å². The van der Waals surface area contributed by atoms with Crippen LogP contribution in [0.4, 0.5) is 13.6 Å². The zero-order valence-electron chi connectivity index (χ0n) is 19.1. The first-order chi connectivity index (χ1) is 15.6. The van der Waals surface area contributed by atoms with Crippen LogP contribution in [0.3, 0.4) is 0 Å². The van der Waals surface area contributed by atoms with Gasteiger partial charge in [0.15, 0.2) is 11.6 Å². The lowest BCUT2D eigenvalue weighted by Gasteiger charge is -2.40. The standard InChI is InChI=1S/C24H27BrF2N2O4/c1-24(2,3)33-23(30)29-9-8-28-11-14-10-17(26)20(19-16(25)6-5-7-18(19)31-4)21(27)22(14)32-13-15(28)12-29/h5-7,10,15H,8-9,11-13H2,1-4H3/t15-/m1/s1. The summed E-state index contributed by atoms with van der Waals surface area (Å²) in [6.07, 6.45) is -0.385. The maximum atomic E-state index is 15.7. The van der Waals surface area contributed by atoms with Crippen molar-refractivity contribution in [3.05, 3.63) is 45.9 Å². The van der Waals surface area contributed by atoms with Crippen LogP contribution >= 0.6 is 15.9 Å². The number of ether oxygens (including phenoxy) is 3. The van der Waals surface area contributed by atoms with Gasteiger partial charge < -0.3 is 19.1 Å². The van der Waals surface area contributed by atoms with Gasteiger partial charge in [-0.05, 0) is 39.0 Å². The molecular formula is C24H27BrF2N2O4. The largest absolute Gasteiger partial charge is 0.496 e. The molecule has 2 heterocycles. The highest BCUT2D eigenvalue weighted by Crippen LogP contribution is 2.43. The smallest absolute Gasteiger partial charge is 0.410 e. The van der Waals surface area contributed by atoms with Gasteiger partial charge in [-0.2, -0.15) is 0 Å². The first-order valence-electron chi connectivity index (χ1n) is 10.8. The molecule has 2 aliphatic rings. The van der Waals surface area contributed by atoms with Crippen molar-refractivity contribution in [1.82, 2.24) is 9.80 Å². The monoisotopic (exact) mass is 524 g/mol. The number of methoxy groups -OCH3 is 1. The molecule has 178 valence electrons. The van der Waals surface area contributed by atoms with Crippen LogP contribution in [0.15, 0.2) is 28.7 Å². The Morgan fingerprint density at radius 1 is 1.21 bits per heavy atom. The fourth-order valence-electron chi connectivity index (χ4n) is 4.22. The first-order valence-corrected chi connectivity index (χ1v) is 11.6. The Bertz CT molecular complexity index is 1070. The lowest BCUT2D eigenvalue weighted by molar-refractivity contribution is -0.00164. The molecule has 1 atom stereocenters. The molecule has 6 nitrogen and oxygen atoms in total. The number of hydrogen-bond donors (Lipinski definition) is 0. The fourth-order valence-corrected chi connectivity index (χ4v) is 4.77. The van der Waals surface area contributed by atoms with Crippen LogP contribution in [0.5, 0.6) is 11.5 Å². The summed E-state index contributed by atoms with van der Waals surface area (Å²) in [6, 6.07) is 6.25. The topological polar surface area (TPSA) is 51.2 Å². The molecule has 0 N–H and O–H groups in total. The summed E-state index contributed by atoms with van der Waals surface area (Å²) in [5, 5.41) is 0. The molecule has 0 saturated carbocycles. The maximum absolute atomic E-state index is 15.7. The molecule has 0 bridgehead atoms. The lowest BCUT2D eigenvalue weighted by atomic mass is 10.00. The molecule has 1 amide bonds. The Morgan fingerprint density at radius 3 is 2.67 bits per heavy atom. The molecule has 0 unspecified atom stereocenters. The van der Waals surface area contributed by atoms with Crippen molar-refractivity contribution >= 4 is 22.0 Å². The maximum Gasteiger partial charge on any atom is 0.410 e. The van der Waals surface area contributed by atoms with Crippen molar-refractivity contribution in [3.8, 4) is 22.6 Å². The van der Waals surface area contributed by atoms with Gasteiger partial charge in [0.25, 0.3) is 0 Å². The van der Waals surface area contributed by atoms with Gasteiger partial charge in [-0.25, -0.2) is 13.6 Å². The first kappa shape index (κ1) is 23.8. The van der Waals surface area contributed by atoms with E-state index in [0.717, 1.165) is 0 Å². The van der Waals surface area contributed by atoms with Crippen LogP contribution in [-0.4, -0.2) is 60.9 Å². The third kappa shape index (κ3) is 4.80. The third-order valence-electron chi connectivity index (χ3n) is 5.75. The molecule has 0 aliphatic carbocycles. The second-order valence-electron chi connectivity index (χ2n) is 9.21. The number of nitrogens with zero attached hydrogens (tertiary/aromatic N) is 2. The normalized spacial score (nSPS) is 18.6. The second kappa shape index (κ2) is 9.10. The van der Waals surface area contributed by atoms with Crippen molar-refractivity contribution in [2.75, 3.05) is 33.4 Å². The summed E-state index contributed by atoms with van der Waals surface area (Å²) in [6.45, 7) is 7.36. The summed E-state index contributed by atoms with van der Waals surface area (Å²) >= 11 is 3.38. The van der Waals surface area contributed by atoms with E-state index in [1.54, 1.807) is 23.1 Å². The zero-order valence-corrected chi connectivity index (χ0v) is 20.7. The van der Waals surface area contributed by atoms with Gasteiger partial charge in [-0.1, -0.05) is 22.0 Å². The number of benzene rings is 2. The highest BCUT2D eigenvalue weighted by Gasteiger charge is 2.36. The van der Waals surface area contributed by atoms with Crippen molar-refractivity contribution in [1.29, 1.82) is 0 Å². The van der Waals surface area contributed by atoms with Gasteiger partial charge in [-0.15, -0.1) is 0 Å². The Hall–Kier alpha value is -2.39. The van der Waals surface area contributed by atoms with Crippen LogP contribution in [0.25, 0.3) is 11.1 Å². The molecule has 4 rings (SSSR count). The van der Waals surface area contributed by atoms with E-state index in [4.69, 9.17) is 14.2 Å². The number of hydrogen-bond acceptors (Lipinski definition) is 5. The van der Waals surface area contributed by atoms with Gasteiger partial charge in [0.05, 0.1) is 18.7 Å². The SMILES string of the molecule is COc1cccc(Br)c1-c1c(F)cc2c(c1F)OC[C@H]1CN(C(=O)OC(C)(C)C)CCN1C2. The number of carbonyl (C=O) groups excluding carboxylic acids is 1. The Balaban J connectivity index is 1.63. The Kier molecular flexibility index (Phi) is 6.55. The third-order valence-corrected chi connectivity index (χ3v) is 6.41. The summed E-state index contributed by atoms with van der Waals surface area (Å²) in [5.41, 5.74) is -0.0605. The molecule has 2 aromatic rings. The minimum Gasteiger partial charge on any atom is -0.496 e. The summed E-state index contributed by atoms with van der Waals surface area (Å²) < 4.78 is 48.2. The predicted octanol–water partition coefficient (Wildman–Crippen LogP) is 5.22. The molecule has 1 fully saturated rings. The lowest BCUT2D eigenvalue weighted by Crippen LogP contribution is -2.56. The Labute approximate surface area is 200 Å². The minimum absolute atomic E-state index is 0.0300. The molecule has 1 saturated heterocycles. The Morgan fingerprint density at radius 2 is 1.97 bits per heavy atom. The van der Waals surface area contributed by atoms with E-state index in [-0.39, 0.29) is 30.1 Å². The molecule has 0 radical (unpaired) electrons. The van der Waals surface area contributed by atoms with E-state index in [1.807, 2.05) is 20.8 Å². The van der Waals surface area contributed by atoms with Gasteiger partial charge in [0, 0.05) is 41.8 Å². The predicted molar refractivity (Wildman–Crippen MR) is 124 cm³/mol. The van der Waals surface area contributed by atoms with Crippen molar-refractivity contribution in [2.24, 2.45) is 0 Å². The van der Waals surface area contributed by atoms with Gasteiger partial charge >= 0.3 is 6.09 Å². The molecular weight excluding hydrogens is 498 g/mol. The van der Waals surface area contributed by atoms with Crippen molar-refractivity contribution in [3.63, 3.8) is 0 Å². The van der Waals surface area contributed by atoms with Gasteiger partial charge in [-0.3, -0.25) is 4.90 Å². The highest BCUT2D eigenvalue weighted by atomic mass is 79.9. The van der Waals surface area contributed by atoms with Crippen molar-refractivity contribution in [2.45, 2.75) is 39.0 Å². The van der Waals surface area contributed by atoms with Crippen LogP contribution < -0.4 is 9.47 Å². The number of fused-ring (bicyclic) bond motifs is 2. The quantitative estimate of drug-likeness (QED) is 0.539. The second-order valence-corrected chi connectivity index (χ2v) is 10.1. The van der Waals surface area contributed by atoms with E-state index in [9.17, 15) is 4.79 Å². The summed E-state index contributed by atoms with van der Waals surface area (Å²) in [5.74, 6) is -1.08. The van der Waals surface area contributed by atoms with Crippen molar-refractivity contribution < 1.29 is 27.8 Å². The number of rotatable bonds is 2. The molecule has 9 heteroatoms. The van der Waals surface area contributed by atoms with Crippen LogP contribution in [0, 0.1) is 11.6 Å². The molecule has 0 spiro atoms. The van der Waals surface area contributed by atoms with Gasteiger partial charge in [0.2, 0.25) is 0 Å². The van der Waals surface area contributed by atoms with Gasteiger partial charge in [0.1, 0.15) is 23.8 Å². The average molecular weight is 525 g/mol. The summed E-state index contributed by atoms with van der Waals surface area (Å²) in [7, 11) is 1.45. The van der Waals surface area contributed by atoms with Crippen LogP contribution in [-0.2, 0) is 11.3 Å². The summed E-state index contributed by atoms with van der Waals surface area (Å²) in [4.78, 5) is 16.2. The van der Waals surface area contributed by atoms with Crippen LogP contribution in [0.2, 0.25) is 0 Å². The van der Waals surface area contributed by atoms with E-state index in [2.05, 4.69) is 20.8 Å². The minimum atomic E-state index is -0.765. The average Bonchev–Trinajstić information content (AvgIpc) is 2.92. The highest BCUT2D eigenvalue weighted by molar-refractivity contribution is 9.10. The van der Waals surface area contributed by atoms with E-state index < -0.39 is 17.2 Å². The van der Waals surface area contributed by atoms with E-state index in [0.29, 0.717) is 47.5 Å². The number of halogens is 3. The molecule has 2 aliphatic heterocycles. The number of piperazine rings is 1. The number of amides is 1. The molecule has 33 heavy (non-hydrogen) atoms. The number of carbonyl (C=O) groups is 1. The van der Waals surface area contributed by atoms with Crippen LogP contribution in [0.1, 0.15) is 26.3 Å². The fraction of sp³-hybridized carbons (Fsp3) is 0.458. The molecule has 2 aromatic carbocycles. The van der Waals surface area contributed by atoms with E-state index >= 15 is 8.78 Å². The molecule has 0 aromatic heterocycles. The zero-order chi connectivity index (χ0) is 23.9.